The van der Waals surface area contributed by atoms with Crippen molar-refractivity contribution in [1.29, 1.82) is 0 Å². The molecule has 0 aliphatic carbocycles. The van der Waals surface area contributed by atoms with Crippen molar-refractivity contribution in [3.8, 4) is 5.75 Å². The van der Waals surface area contributed by atoms with Crippen LogP contribution >= 0.6 is 0 Å². The van der Waals surface area contributed by atoms with Crippen molar-refractivity contribution in [3.05, 3.63) is 65.5 Å². The van der Waals surface area contributed by atoms with Crippen molar-refractivity contribution in [2.75, 3.05) is 26.2 Å². The molecule has 0 radical (unpaired) electrons. The van der Waals surface area contributed by atoms with Crippen molar-refractivity contribution < 1.29 is 19.3 Å². The van der Waals surface area contributed by atoms with E-state index in [-0.39, 0.29) is 5.82 Å². The number of ether oxygens (including phenoxy) is 1. The first-order valence-corrected chi connectivity index (χ1v) is 9.12. The Morgan fingerprint density at radius 2 is 1.69 bits per heavy atom. The van der Waals surface area contributed by atoms with Gasteiger partial charge in [0.1, 0.15) is 11.6 Å². The standard InChI is InChI=1S/C21H26FNO3/c1-2-26-19-9-3-16(4-10-19)20(24)15-23-13-11-21(25,12-14-23)17-5-7-18(22)8-6-17/h3-10,20,24-25H,2,11-15H2,1H3. The van der Waals surface area contributed by atoms with E-state index in [1.165, 1.54) is 12.1 Å². The minimum atomic E-state index is -0.922. The summed E-state index contributed by atoms with van der Waals surface area (Å²) in [6.45, 7) is 4.44. The van der Waals surface area contributed by atoms with Crippen LogP contribution in [0.4, 0.5) is 4.39 Å². The van der Waals surface area contributed by atoms with Crippen molar-refractivity contribution in [3.63, 3.8) is 0 Å². The Morgan fingerprint density at radius 1 is 1.08 bits per heavy atom. The molecule has 0 bridgehead atoms. The first-order chi connectivity index (χ1) is 12.5. The van der Waals surface area contributed by atoms with Crippen LogP contribution in [0.3, 0.4) is 0 Å². The number of halogens is 1. The van der Waals surface area contributed by atoms with E-state index in [1.54, 1.807) is 12.1 Å². The molecule has 1 unspecified atom stereocenters. The lowest BCUT2D eigenvalue weighted by molar-refractivity contribution is -0.0345. The number of likely N-dealkylation sites (tertiary alicyclic amines) is 1. The number of hydrogen-bond donors (Lipinski definition) is 2. The molecule has 5 heteroatoms. The highest BCUT2D eigenvalue weighted by Crippen LogP contribution is 2.33. The van der Waals surface area contributed by atoms with Crippen LogP contribution in [-0.4, -0.2) is 41.4 Å². The Morgan fingerprint density at radius 3 is 2.27 bits per heavy atom. The summed E-state index contributed by atoms with van der Waals surface area (Å²) in [5, 5.41) is 21.3. The van der Waals surface area contributed by atoms with Gasteiger partial charge in [-0.3, -0.25) is 0 Å². The number of rotatable bonds is 6. The van der Waals surface area contributed by atoms with Crippen LogP contribution in [0.25, 0.3) is 0 Å². The third kappa shape index (κ3) is 4.41. The third-order valence-electron chi connectivity index (χ3n) is 5.07. The molecule has 1 saturated heterocycles. The minimum Gasteiger partial charge on any atom is -0.494 e. The summed E-state index contributed by atoms with van der Waals surface area (Å²) in [4.78, 5) is 2.15. The normalized spacial score (nSPS) is 18.5. The highest BCUT2D eigenvalue weighted by atomic mass is 19.1. The quantitative estimate of drug-likeness (QED) is 0.831. The van der Waals surface area contributed by atoms with E-state index in [9.17, 15) is 14.6 Å². The molecule has 3 rings (SSSR count). The van der Waals surface area contributed by atoms with E-state index in [2.05, 4.69) is 4.90 Å². The zero-order valence-corrected chi connectivity index (χ0v) is 15.1. The molecule has 0 aromatic heterocycles. The SMILES string of the molecule is CCOc1ccc(C(O)CN2CCC(O)(c3ccc(F)cc3)CC2)cc1. The molecular weight excluding hydrogens is 333 g/mol. The van der Waals surface area contributed by atoms with Crippen molar-refractivity contribution in [2.24, 2.45) is 0 Å². The molecule has 1 fully saturated rings. The van der Waals surface area contributed by atoms with E-state index < -0.39 is 11.7 Å². The van der Waals surface area contributed by atoms with Gasteiger partial charge in [0.25, 0.3) is 0 Å². The van der Waals surface area contributed by atoms with Gasteiger partial charge in [0, 0.05) is 19.6 Å². The van der Waals surface area contributed by atoms with Gasteiger partial charge >= 0.3 is 0 Å². The Kier molecular flexibility index (Phi) is 5.91. The Bertz CT molecular complexity index is 694. The highest BCUT2D eigenvalue weighted by Gasteiger charge is 2.34. The summed E-state index contributed by atoms with van der Waals surface area (Å²) >= 11 is 0. The number of aliphatic hydroxyl groups excluding tert-OH is 1. The van der Waals surface area contributed by atoms with E-state index in [4.69, 9.17) is 4.74 Å². The molecule has 2 aromatic carbocycles. The van der Waals surface area contributed by atoms with E-state index >= 15 is 0 Å². The number of benzene rings is 2. The Labute approximate surface area is 153 Å². The maximum absolute atomic E-state index is 13.1. The summed E-state index contributed by atoms with van der Waals surface area (Å²) in [6.07, 6.45) is 0.547. The van der Waals surface area contributed by atoms with Crippen LogP contribution in [0.5, 0.6) is 5.75 Å². The van der Waals surface area contributed by atoms with Crippen molar-refractivity contribution in [1.82, 2.24) is 4.90 Å². The predicted molar refractivity (Wildman–Crippen MR) is 98.5 cm³/mol. The van der Waals surface area contributed by atoms with Crippen molar-refractivity contribution >= 4 is 0 Å². The summed E-state index contributed by atoms with van der Waals surface area (Å²) in [6, 6.07) is 13.6. The molecular formula is C21H26FNO3. The molecule has 0 amide bonds. The van der Waals surface area contributed by atoms with E-state index in [0.717, 1.165) is 16.9 Å². The molecule has 1 heterocycles. The van der Waals surface area contributed by atoms with Crippen molar-refractivity contribution in [2.45, 2.75) is 31.5 Å². The number of hydrogen-bond acceptors (Lipinski definition) is 4. The lowest BCUT2D eigenvalue weighted by Crippen LogP contribution is -2.43. The maximum Gasteiger partial charge on any atom is 0.123 e. The molecule has 2 aromatic rings. The average Bonchev–Trinajstić information content (AvgIpc) is 2.65. The van der Waals surface area contributed by atoms with Gasteiger partial charge in [0.2, 0.25) is 0 Å². The fourth-order valence-corrected chi connectivity index (χ4v) is 3.46. The Balaban J connectivity index is 1.55. The number of aliphatic hydroxyl groups is 2. The van der Waals surface area contributed by atoms with Gasteiger partial charge in [-0.25, -0.2) is 4.39 Å². The van der Waals surface area contributed by atoms with Crippen LogP contribution in [0.2, 0.25) is 0 Å². The topological polar surface area (TPSA) is 52.9 Å². The number of piperidine rings is 1. The second-order valence-corrected chi connectivity index (χ2v) is 6.86. The number of β-amino-alcohol motifs (C(OH)–C–C–N with tert-alkyl or cyclic N) is 1. The number of nitrogens with zero attached hydrogens (tertiary/aromatic N) is 1. The summed E-state index contributed by atoms with van der Waals surface area (Å²) in [5.41, 5.74) is 0.687. The summed E-state index contributed by atoms with van der Waals surface area (Å²) < 4.78 is 18.5. The molecule has 0 saturated carbocycles. The second kappa shape index (κ2) is 8.16. The monoisotopic (exact) mass is 359 g/mol. The third-order valence-corrected chi connectivity index (χ3v) is 5.07. The first kappa shape index (κ1) is 18.8. The second-order valence-electron chi connectivity index (χ2n) is 6.86. The smallest absolute Gasteiger partial charge is 0.123 e. The first-order valence-electron chi connectivity index (χ1n) is 9.12. The van der Waals surface area contributed by atoms with Gasteiger partial charge in [0.05, 0.1) is 18.3 Å². The van der Waals surface area contributed by atoms with Gasteiger partial charge in [-0.05, 0) is 55.2 Å². The summed E-state index contributed by atoms with van der Waals surface area (Å²) in [7, 11) is 0. The Hall–Kier alpha value is -1.95. The molecule has 26 heavy (non-hydrogen) atoms. The fourth-order valence-electron chi connectivity index (χ4n) is 3.46. The van der Waals surface area contributed by atoms with Gasteiger partial charge in [0.15, 0.2) is 0 Å². The molecule has 1 aliphatic heterocycles. The average molecular weight is 359 g/mol. The largest absolute Gasteiger partial charge is 0.494 e. The molecule has 1 atom stereocenters. The van der Waals surface area contributed by atoms with Crippen LogP contribution in [0.15, 0.2) is 48.5 Å². The molecule has 1 aliphatic rings. The molecule has 4 nitrogen and oxygen atoms in total. The highest BCUT2D eigenvalue weighted by molar-refractivity contribution is 5.29. The molecule has 140 valence electrons. The molecule has 2 N–H and O–H groups in total. The zero-order chi connectivity index (χ0) is 18.6. The fraction of sp³-hybridized carbons (Fsp3) is 0.429. The summed E-state index contributed by atoms with van der Waals surface area (Å²) in [5.74, 6) is 0.499. The predicted octanol–water partition coefficient (Wildman–Crippen LogP) is 3.24. The van der Waals surface area contributed by atoms with Gasteiger partial charge in [-0.15, -0.1) is 0 Å². The zero-order valence-electron chi connectivity index (χ0n) is 15.1. The van der Waals surface area contributed by atoms with E-state index in [0.29, 0.717) is 39.1 Å². The van der Waals surface area contributed by atoms with Gasteiger partial charge in [-0.1, -0.05) is 24.3 Å². The van der Waals surface area contributed by atoms with Gasteiger partial charge < -0.3 is 19.8 Å². The lowest BCUT2D eigenvalue weighted by Gasteiger charge is -2.39. The van der Waals surface area contributed by atoms with Crippen LogP contribution in [0, 0.1) is 5.82 Å². The van der Waals surface area contributed by atoms with Crippen LogP contribution < -0.4 is 4.74 Å². The van der Waals surface area contributed by atoms with Gasteiger partial charge in [-0.2, -0.15) is 0 Å². The minimum absolute atomic E-state index is 0.298. The maximum atomic E-state index is 13.1. The van der Waals surface area contributed by atoms with Crippen LogP contribution in [-0.2, 0) is 5.60 Å². The van der Waals surface area contributed by atoms with Crippen LogP contribution in [0.1, 0.15) is 37.0 Å². The lowest BCUT2D eigenvalue weighted by atomic mass is 9.84. The van der Waals surface area contributed by atoms with E-state index in [1.807, 2.05) is 31.2 Å². The molecule has 0 spiro atoms.